The predicted octanol–water partition coefficient (Wildman–Crippen LogP) is 3.33. The van der Waals surface area contributed by atoms with E-state index in [0.29, 0.717) is 0 Å². The second-order valence-corrected chi connectivity index (χ2v) is 6.04. The topological polar surface area (TPSA) is 71.0 Å². The van der Waals surface area contributed by atoms with E-state index in [-0.39, 0.29) is 12.6 Å². The van der Waals surface area contributed by atoms with E-state index in [1.807, 2.05) is 42.5 Å². The Morgan fingerprint density at radius 2 is 1.68 bits per heavy atom. The van der Waals surface area contributed by atoms with E-state index in [9.17, 15) is 9.70 Å². The second-order valence-electron chi connectivity index (χ2n) is 6.04. The van der Waals surface area contributed by atoms with Gasteiger partial charge in [0.25, 0.3) is 5.91 Å². The fraction of sp³-hybridized carbons (Fsp3) is 0.316. The summed E-state index contributed by atoms with van der Waals surface area (Å²) in [5.74, 6) is 0.990. The monoisotopic (exact) mass is 339 g/mol. The van der Waals surface area contributed by atoms with Crippen molar-refractivity contribution in [3.8, 4) is 11.5 Å². The Kier molecular flexibility index (Phi) is 5.74. The molecule has 0 spiro atoms. The molecule has 3 rings (SSSR count). The van der Waals surface area contributed by atoms with Crippen molar-refractivity contribution >= 4 is 11.6 Å². The maximum atomic E-state index is 10.9. The van der Waals surface area contributed by atoms with Crippen molar-refractivity contribution in [3.05, 3.63) is 59.5 Å². The number of carbonyl (C=O) groups excluding carboxylic acids is 1. The molecule has 1 fully saturated rings. The first-order valence-corrected chi connectivity index (χ1v) is 8.42. The molecule has 1 aliphatic heterocycles. The van der Waals surface area contributed by atoms with Gasteiger partial charge in [0.15, 0.2) is 0 Å². The number of hydrogen-bond acceptors (Lipinski definition) is 5. The third kappa shape index (κ3) is 4.87. The minimum absolute atomic E-state index is 0.0275. The number of para-hydroxylation sites is 1. The molecule has 1 saturated heterocycles. The second kappa shape index (κ2) is 8.39. The molecule has 0 atom stereocenters. The summed E-state index contributed by atoms with van der Waals surface area (Å²) in [6.45, 7) is 1.83. The first-order valence-electron chi connectivity index (χ1n) is 8.42. The molecule has 6 heteroatoms. The van der Waals surface area contributed by atoms with E-state index in [4.69, 9.17) is 4.74 Å². The summed E-state index contributed by atoms with van der Waals surface area (Å²) in [6.07, 6.45) is 1.85. The number of nitrogens with one attached hydrogen (secondary N) is 1. The lowest BCUT2D eigenvalue weighted by Gasteiger charge is -2.33. The van der Waals surface area contributed by atoms with Gasteiger partial charge in [-0.25, -0.2) is 0 Å². The Balaban J connectivity index is 1.50. The van der Waals surface area contributed by atoms with E-state index in [2.05, 4.69) is 27.5 Å². The van der Waals surface area contributed by atoms with Gasteiger partial charge in [-0.2, -0.15) is 0 Å². The van der Waals surface area contributed by atoms with Crippen LogP contribution in [0.4, 0.5) is 5.69 Å². The fourth-order valence-electron chi connectivity index (χ4n) is 2.96. The summed E-state index contributed by atoms with van der Waals surface area (Å²) >= 11 is 0. The smallest absolute Gasteiger partial charge is 0.299 e. The number of carbonyl (C=O) groups is 1. The zero-order chi connectivity index (χ0) is 17.5. The third-order valence-corrected chi connectivity index (χ3v) is 4.32. The van der Waals surface area contributed by atoms with Crippen molar-refractivity contribution in [2.75, 3.05) is 24.5 Å². The molecule has 1 aliphatic rings. The fourth-order valence-corrected chi connectivity index (χ4v) is 2.96. The van der Waals surface area contributed by atoms with Gasteiger partial charge >= 0.3 is 0 Å². The van der Waals surface area contributed by atoms with E-state index >= 15 is 0 Å². The average Bonchev–Trinajstić information content (AvgIpc) is 2.68. The normalized spacial score (nSPS) is 15.0. The van der Waals surface area contributed by atoms with Crippen LogP contribution >= 0.6 is 0 Å². The number of hydrogen-bond donors (Lipinski definition) is 1. The van der Waals surface area contributed by atoms with Gasteiger partial charge < -0.3 is 15.0 Å². The zero-order valence-electron chi connectivity index (χ0n) is 13.9. The van der Waals surface area contributed by atoms with Gasteiger partial charge in [-0.1, -0.05) is 18.2 Å². The molecule has 0 aliphatic carbocycles. The maximum Gasteiger partial charge on any atom is 0.299 e. The predicted molar refractivity (Wildman–Crippen MR) is 97.0 cm³/mol. The molecule has 2 aromatic carbocycles. The van der Waals surface area contributed by atoms with Crippen LogP contribution in [-0.2, 0) is 4.79 Å². The molecule has 130 valence electrons. The van der Waals surface area contributed by atoms with Crippen molar-refractivity contribution < 1.29 is 9.53 Å². The first kappa shape index (κ1) is 17.1. The molecular formula is C19H21N3O3. The first-order chi connectivity index (χ1) is 12.2. The highest BCUT2D eigenvalue weighted by Gasteiger charge is 2.19. The Morgan fingerprint density at radius 1 is 1.04 bits per heavy atom. The van der Waals surface area contributed by atoms with Crippen molar-refractivity contribution in [3.63, 3.8) is 0 Å². The van der Waals surface area contributed by atoms with Crippen LogP contribution in [0.25, 0.3) is 0 Å². The third-order valence-electron chi connectivity index (χ3n) is 4.32. The Morgan fingerprint density at radius 3 is 2.32 bits per heavy atom. The van der Waals surface area contributed by atoms with Crippen LogP contribution in [-0.4, -0.2) is 31.6 Å². The summed E-state index contributed by atoms with van der Waals surface area (Å²) < 4.78 is 5.81. The molecule has 6 nitrogen and oxygen atoms in total. The van der Waals surface area contributed by atoms with Crippen LogP contribution < -0.4 is 15.0 Å². The number of ether oxygens (including phenoxy) is 1. The van der Waals surface area contributed by atoms with Crippen LogP contribution in [0.15, 0.2) is 59.8 Å². The van der Waals surface area contributed by atoms with E-state index in [0.717, 1.165) is 43.1 Å². The summed E-state index contributed by atoms with van der Waals surface area (Å²) in [6, 6.07) is 18.0. The number of amides is 1. The maximum absolute atomic E-state index is 10.9. The quantitative estimate of drug-likeness (QED) is 0.818. The summed E-state index contributed by atoms with van der Waals surface area (Å²) in [5.41, 5.74) is 1.16. The highest BCUT2D eigenvalue weighted by molar-refractivity contribution is 5.78. The number of rotatable bonds is 6. The minimum atomic E-state index is -0.642. The lowest BCUT2D eigenvalue weighted by molar-refractivity contribution is -0.117. The van der Waals surface area contributed by atoms with Crippen LogP contribution in [0, 0.1) is 4.91 Å². The zero-order valence-corrected chi connectivity index (χ0v) is 13.9. The van der Waals surface area contributed by atoms with Gasteiger partial charge in [0.1, 0.15) is 11.5 Å². The minimum Gasteiger partial charge on any atom is -0.457 e. The van der Waals surface area contributed by atoms with Gasteiger partial charge in [0, 0.05) is 30.0 Å². The van der Waals surface area contributed by atoms with Gasteiger partial charge in [-0.05, 0) is 49.2 Å². The lowest BCUT2D eigenvalue weighted by Crippen LogP contribution is -2.43. The van der Waals surface area contributed by atoms with E-state index in [1.165, 1.54) is 0 Å². The average molecular weight is 339 g/mol. The van der Waals surface area contributed by atoms with Crippen LogP contribution in [0.2, 0.25) is 0 Å². The SMILES string of the molecule is O=NC(=O)CNC1CCN(c2ccc(Oc3ccccc3)cc2)CC1. The van der Waals surface area contributed by atoms with E-state index < -0.39 is 5.91 Å². The van der Waals surface area contributed by atoms with Gasteiger partial charge in [0.05, 0.1) is 6.54 Å². The van der Waals surface area contributed by atoms with Crippen LogP contribution in [0.1, 0.15) is 12.8 Å². The highest BCUT2D eigenvalue weighted by atomic mass is 16.5. The van der Waals surface area contributed by atoms with Crippen LogP contribution in [0.3, 0.4) is 0 Å². The Bertz CT molecular complexity index is 696. The molecule has 0 radical (unpaired) electrons. The van der Waals surface area contributed by atoms with Crippen LogP contribution in [0.5, 0.6) is 11.5 Å². The highest BCUT2D eigenvalue weighted by Crippen LogP contribution is 2.26. The molecule has 0 bridgehead atoms. The number of benzene rings is 2. The van der Waals surface area contributed by atoms with Gasteiger partial charge in [0.2, 0.25) is 0 Å². The largest absolute Gasteiger partial charge is 0.457 e. The summed E-state index contributed by atoms with van der Waals surface area (Å²) in [5, 5.41) is 5.49. The number of nitroso groups, excluding NO2 is 1. The summed E-state index contributed by atoms with van der Waals surface area (Å²) in [4.78, 5) is 23.3. The van der Waals surface area contributed by atoms with Crippen molar-refractivity contribution in [1.29, 1.82) is 0 Å². The number of piperidine rings is 1. The number of nitrogens with zero attached hydrogens (tertiary/aromatic N) is 2. The molecule has 1 amide bonds. The Hall–Kier alpha value is -2.73. The molecule has 1 heterocycles. The van der Waals surface area contributed by atoms with E-state index in [1.54, 1.807) is 0 Å². The van der Waals surface area contributed by atoms with Gasteiger partial charge in [-0.15, -0.1) is 4.91 Å². The van der Waals surface area contributed by atoms with Gasteiger partial charge in [-0.3, -0.25) is 4.79 Å². The number of anilines is 1. The molecule has 2 aromatic rings. The summed E-state index contributed by atoms with van der Waals surface area (Å²) in [7, 11) is 0. The van der Waals surface area contributed by atoms with Crippen molar-refractivity contribution in [2.45, 2.75) is 18.9 Å². The molecule has 0 saturated carbocycles. The molecule has 0 unspecified atom stereocenters. The molecule has 1 N–H and O–H groups in total. The molecular weight excluding hydrogens is 318 g/mol. The lowest BCUT2D eigenvalue weighted by atomic mass is 10.0. The molecule has 25 heavy (non-hydrogen) atoms. The van der Waals surface area contributed by atoms with Crippen molar-refractivity contribution in [2.24, 2.45) is 5.18 Å². The van der Waals surface area contributed by atoms with Crippen molar-refractivity contribution in [1.82, 2.24) is 5.32 Å². The standard InChI is InChI=1S/C19H21N3O3/c23-19(21-24)14-20-15-10-12-22(13-11-15)16-6-8-18(9-7-16)25-17-4-2-1-3-5-17/h1-9,15,20H,10-14H2. The Labute approximate surface area is 146 Å². The molecule has 0 aromatic heterocycles.